The molecule has 32 heavy (non-hydrogen) atoms. The number of carbonyl (C=O) groups excluding carboxylic acids is 1. The lowest BCUT2D eigenvalue weighted by molar-refractivity contribution is 0.102. The second-order valence-corrected chi connectivity index (χ2v) is 8.36. The number of para-hydroxylation sites is 1. The molecule has 5 aromatic rings. The van der Waals surface area contributed by atoms with Gasteiger partial charge in [-0.15, -0.1) is 0 Å². The summed E-state index contributed by atoms with van der Waals surface area (Å²) in [5.41, 5.74) is 4.61. The van der Waals surface area contributed by atoms with Crippen molar-refractivity contribution in [3.8, 4) is 0 Å². The molecule has 0 saturated heterocycles. The van der Waals surface area contributed by atoms with Crippen LogP contribution in [0.15, 0.2) is 59.0 Å². The van der Waals surface area contributed by atoms with Crippen LogP contribution in [0.25, 0.3) is 22.0 Å². The Balaban J connectivity index is 1.58. The Morgan fingerprint density at radius 1 is 1.03 bits per heavy atom. The molecule has 1 amide bonds. The zero-order valence-corrected chi connectivity index (χ0v) is 18.7. The van der Waals surface area contributed by atoms with Crippen molar-refractivity contribution in [2.24, 2.45) is 0 Å². The van der Waals surface area contributed by atoms with E-state index in [2.05, 4.69) is 20.6 Å². The first kappa shape index (κ1) is 20.4. The van der Waals surface area contributed by atoms with Crippen LogP contribution in [0.1, 0.15) is 21.7 Å². The highest BCUT2D eigenvalue weighted by molar-refractivity contribution is 6.39. The molecule has 8 heteroatoms. The van der Waals surface area contributed by atoms with E-state index in [0.717, 1.165) is 16.5 Å². The molecule has 5 rings (SSSR count). The van der Waals surface area contributed by atoms with Crippen LogP contribution in [-0.2, 0) is 0 Å². The van der Waals surface area contributed by atoms with Gasteiger partial charge in [-0.05, 0) is 50.2 Å². The van der Waals surface area contributed by atoms with Gasteiger partial charge in [-0.1, -0.05) is 47.0 Å². The number of aromatic nitrogens is 2. The van der Waals surface area contributed by atoms with Crippen LogP contribution >= 0.6 is 23.2 Å². The van der Waals surface area contributed by atoms with Crippen LogP contribution < -0.4 is 10.6 Å². The molecule has 0 bridgehead atoms. The molecular formula is C24H18Cl2N4O2. The number of amides is 1. The topological polar surface area (TPSA) is 83.0 Å². The standard InChI is InChI=1S/C24H18Cl2N4O2/c1-12-6-8-14(9-7-12)27-23(31)16-11-19-20(15-10-13(2)32-22(15)16)29-24(28-19)30-21-17(25)4-3-5-18(21)26/h3-11H,1-2H3,(H,27,31)(H2,28,29,30). The number of anilines is 3. The number of rotatable bonds is 4. The van der Waals surface area contributed by atoms with Crippen molar-refractivity contribution in [3.05, 3.63) is 81.5 Å². The molecule has 2 heterocycles. The lowest BCUT2D eigenvalue weighted by Crippen LogP contribution is -2.12. The molecule has 0 atom stereocenters. The van der Waals surface area contributed by atoms with Gasteiger partial charge >= 0.3 is 0 Å². The van der Waals surface area contributed by atoms with Gasteiger partial charge in [-0.25, -0.2) is 4.98 Å². The van der Waals surface area contributed by atoms with E-state index in [9.17, 15) is 4.79 Å². The Bertz CT molecular complexity index is 1470. The van der Waals surface area contributed by atoms with Crippen molar-refractivity contribution in [2.75, 3.05) is 10.6 Å². The zero-order chi connectivity index (χ0) is 22.4. The normalized spacial score (nSPS) is 11.2. The highest BCUT2D eigenvalue weighted by Gasteiger charge is 2.20. The molecule has 0 aliphatic carbocycles. The molecule has 0 aliphatic heterocycles. The minimum absolute atomic E-state index is 0.276. The number of carbonyl (C=O) groups is 1. The summed E-state index contributed by atoms with van der Waals surface area (Å²) in [4.78, 5) is 20.9. The summed E-state index contributed by atoms with van der Waals surface area (Å²) in [7, 11) is 0. The van der Waals surface area contributed by atoms with Crippen LogP contribution in [0.3, 0.4) is 0 Å². The number of benzene rings is 3. The summed E-state index contributed by atoms with van der Waals surface area (Å²) in [5.74, 6) is 0.864. The fraction of sp³-hybridized carbons (Fsp3) is 0.0833. The van der Waals surface area contributed by atoms with Crippen molar-refractivity contribution in [3.63, 3.8) is 0 Å². The zero-order valence-electron chi connectivity index (χ0n) is 17.2. The van der Waals surface area contributed by atoms with Crippen molar-refractivity contribution < 1.29 is 9.21 Å². The molecule has 0 fully saturated rings. The maximum Gasteiger partial charge on any atom is 0.259 e. The van der Waals surface area contributed by atoms with Gasteiger partial charge in [0.25, 0.3) is 5.91 Å². The number of nitrogens with zero attached hydrogens (tertiary/aromatic N) is 1. The van der Waals surface area contributed by atoms with Crippen molar-refractivity contribution in [2.45, 2.75) is 13.8 Å². The molecule has 160 valence electrons. The van der Waals surface area contributed by atoms with E-state index in [1.54, 1.807) is 24.3 Å². The monoisotopic (exact) mass is 464 g/mol. The molecule has 3 N–H and O–H groups in total. The Morgan fingerprint density at radius 2 is 1.75 bits per heavy atom. The van der Waals surface area contributed by atoms with Gasteiger partial charge in [0.2, 0.25) is 5.95 Å². The van der Waals surface area contributed by atoms with E-state index in [1.165, 1.54) is 0 Å². The highest BCUT2D eigenvalue weighted by Crippen LogP contribution is 2.35. The number of halogens is 2. The van der Waals surface area contributed by atoms with Gasteiger partial charge in [-0.3, -0.25) is 4.79 Å². The third kappa shape index (κ3) is 3.68. The van der Waals surface area contributed by atoms with E-state index in [1.807, 2.05) is 44.2 Å². The minimum atomic E-state index is -0.276. The average molecular weight is 465 g/mol. The predicted molar refractivity (Wildman–Crippen MR) is 129 cm³/mol. The predicted octanol–water partition coefficient (Wildman–Crippen LogP) is 7.23. The van der Waals surface area contributed by atoms with Crippen molar-refractivity contribution >= 4 is 68.4 Å². The third-order valence-electron chi connectivity index (χ3n) is 5.14. The molecule has 0 unspecified atom stereocenters. The molecule has 0 aliphatic rings. The first-order valence-corrected chi connectivity index (χ1v) is 10.7. The van der Waals surface area contributed by atoms with Crippen LogP contribution in [0, 0.1) is 13.8 Å². The van der Waals surface area contributed by atoms with Gasteiger partial charge < -0.3 is 20.0 Å². The highest BCUT2D eigenvalue weighted by atomic mass is 35.5. The summed E-state index contributed by atoms with van der Waals surface area (Å²) >= 11 is 12.5. The Labute approximate surface area is 193 Å². The van der Waals surface area contributed by atoms with Gasteiger partial charge in [0.1, 0.15) is 11.3 Å². The largest absolute Gasteiger partial charge is 0.460 e. The first-order valence-electron chi connectivity index (χ1n) is 9.91. The lowest BCUT2D eigenvalue weighted by Gasteiger charge is -2.06. The summed E-state index contributed by atoms with van der Waals surface area (Å²) in [6, 6.07) is 16.4. The van der Waals surface area contributed by atoms with E-state index in [4.69, 9.17) is 27.6 Å². The van der Waals surface area contributed by atoms with E-state index >= 15 is 0 Å². The van der Waals surface area contributed by atoms with Crippen LogP contribution in [0.5, 0.6) is 0 Å². The Hall–Kier alpha value is -3.48. The van der Waals surface area contributed by atoms with Crippen LogP contribution in [-0.4, -0.2) is 15.9 Å². The Kier molecular flexibility index (Phi) is 5.04. The third-order valence-corrected chi connectivity index (χ3v) is 5.77. The van der Waals surface area contributed by atoms with Crippen LogP contribution in [0.4, 0.5) is 17.3 Å². The van der Waals surface area contributed by atoms with E-state index < -0.39 is 0 Å². The first-order chi connectivity index (χ1) is 15.4. The minimum Gasteiger partial charge on any atom is -0.460 e. The fourth-order valence-electron chi connectivity index (χ4n) is 3.60. The number of hydrogen-bond acceptors (Lipinski definition) is 4. The number of aryl methyl sites for hydroxylation is 2. The molecule has 3 aromatic carbocycles. The number of furan rings is 1. The quantitative estimate of drug-likeness (QED) is 0.262. The van der Waals surface area contributed by atoms with E-state index in [-0.39, 0.29) is 5.91 Å². The van der Waals surface area contributed by atoms with Crippen LogP contribution in [0.2, 0.25) is 10.0 Å². The molecular weight excluding hydrogens is 447 g/mol. The van der Waals surface area contributed by atoms with Gasteiger partial charge in [0.05, 0.1) is 32.3 Å². The van der Waals surface area contributed by atoms with Gasteiger partial charge in [0, 0.05) is 11.1 Å². The molecule has 6 nitrogen and oxygen atoms in total. The number of nitrogens with one attached hydrogen (secondary N) is 3. The summed E-state index contributed by atoms with van der Waals surface area (Å²) in [6.07, 6.45) is 0. The van der Waals surface area contributed by atoms with Gasteiger partial charge in [-0.2, -0.15) is 0 Å². The SMILES string of the molecule is Cc1ccc(NC(=O)c2cc3nc(Nc4c(Cl)cccc4Cl)[nH]c3c3cc(C)oc23)cc1. The summed E-state index contributed by atoms with van der Waals surface area (Å²) in [5, 5.41) is 7.77. The second-order valence-electron chi connectivity index (χ2n) is 7.55. The molecule has 2 aromatic heterocycles. The number of H-pyrrole nitrogens is 1. The maximum atomic E-state index is 13.1. The fourth-order valence-corrected chi connectivity index (χ4v) is 4.09. The number of hydrogen-bond donors (Lipinski definition) is 3. The second kappa shape index (κ2) is 7.89. The number of fused-ring (bicyclic) bond motifs is 3. The number of imidazole rings is 1. The Morgan fingerprint density at radius 3 is 2.47 bits per heavy atom. The van der Waals surface area contributed by atoms with Gasteiger partial charge in [0.15, 0.2) is 0 Å². The molecule has 0 radical (unpaired) electrons. The number of aromatic amines is 1. The smallest absolute Gasteiger partial charge is 0.259 e. The summed E-state index contributed by atoms with van der Waals surface area (Å²) < 4.78 is 5.88. The molecule has 0 saturated carbocycles. The molecule has 0 spiro atoms. The van der Waals surface area contributed by atoms with Crippen molar-refractivity contribution in [1.82, 2.24) is 9.97 Å². The maximum absolute atomic E-state index is 13.1. The van der Waals surface area contributed by atoms with E-state index in [0.29, 0.717) is 49.8 Å². The lowest BCUT2D eigenvalue weighted by atomic mass is 10.1. The average Bonchev–Trinajstić information content (AvgIpc) is 3.34. The summed E-state index contributed by atoms with van der Waals surface area (Å²) in [6.45, 7) is 3.83. The van der Waals surface area contributed by atoms with Crippen molar-refractivity contribution in [1.29, 1.82) is 0 Å².